The Morgan fingerprint density at radius 2 is 2.25 bits per heavy atom. The quantitative estimate of drug-likeness (QED) is 0.855. The number of hydrogen-bond donors (Lipinski definition) is 2. The van der Waals surface area contributed by atoms with Crippen LogP contribution >= 0.6 is 11.3 Å². The topological polar surface area (TPSA) is 88.5 Å². The Morgan fingerprint density at radius 1 is 1.50 bits per heavy atom. The van der Waals surface area contributed by atoms with Gasteiger partial charge >= 0.3 is 0 Å². The summed E-state index contributed by atoms with van der Waals surface area (Å²) < 4.78 is 0. The van der Waals surface area contributed by atoms with Crippen molar-refractivity contribution < 1.29 is 4.79 Å². The lowest BCUT2D eigenvalue weighted by atomic mass is 10.3. The Bertz CT molecular complexity index is 513. The highest BCUT2D eigenvalue weighted by Crippen LogP contribution is 2.33. The largest absolute Gasteiger partial charge is 0.382 e. The van der Waals surface area contributed by atoms with Gasteiger partial charge in [-0.3, -0.25) is 4.79 Å². The second-order valence-electron chi connectivity index (χ2n) is 5.83. The van der Waals surface area contributed by atoms with Crippen LogP contribution in [0, 0.1) is 5.92 Å². The number of hydrogen-bond acceptors (Lipinski definition) is 6. The second-order valence-corrected chi connectivity index (χ2v) is 6.81. The number of carbonyl (C=O) groups is 1. The van der Waals surface area contributed by atoms with Gasteiger partial charge in [0.15, 0.2) is 5.13 Å². The fraction of sp³-hybridized carbons (Fsp3) is 0.692. The number of aromatic nitrogens is 1. The molecule has 0 aromatic carbocycles. The molecule has 20 heavy (non-hydrogen) atoms. The highest BCUT2D eigenvalue weighted by Gasteiger charge is 2.29. The van der Waals surface area contributed by atoms with Crippen molar-refractivity contribution in [1.82, 2.24) is 9.88 Å². The Labute approximate surface area is 122 Å². The van der Waals surface area contributed by atoms with Crippen molar-refractivity contribution in [1.29, 1.82) is 0 Å². The molecule has 2 aliphatic rings. The third-order valence-electron chi connectivity index (χ3n) is 3.91. The zero-order valence-corrected chi connectivity index (χ0v) is 12.5. The van der Waals surface area contributed by atoms with Gasteiger partial charge in [0.05, 0.1) is 0 Å². The maximum atomic E-state index is 12.4. The van der Waals surface area contributed by atoms with Crippen molar-refractivity contribution in [2.45, 2.75) is 25.3 Å². The molecule has 1 amide bonds. The summed E-state index contributed by atoms with van der Waals surface area (Å²) in [5.74, 6) is 1.01. The molecular weight excluding hydrogens is 274 g/mol. The highest BCUT2D eigenvalue weighted by molar-refractivity contribution is 7.18. The molecule has 1 aliphatic heterocycles. The lowest BCUT2D eigenvalue weighted by molar-refractivity contribution is 0.0794. The fourth-order valence-corrected chi connectivity index (χ4v) is 3.53. The Kier molecular flexibility index (Phi) is 3.55. The molecule has 1 aromatic heterocycles. The van der Waals surface area contributed by atoms with Gasteiger partial charge < -0.3 is 21.3 Å². The molecule has 0 bridgehead atoms. The normalized spacial score (nSPS) is 22.3. The first-order chi connectivity index (χ1) is 9.54. The van der Waals surface area contributed by atoms with Crippen LogP contribution in [-0.2, 0) is 0 Å². The van der Waals surface area contributed by atoms with Crippen LogP contribution in [0.4, 0.5) is 10.9 Å². The predicted octanol–water partition coefficient (Wildman–Crippen LogP) is 0.745. The Morgan fingerprint density at radius 3 is 2.85 bits per heavy atom. The minimum Gasteiger partial charge on any atom is -0.382 e. The van der Waals surface area contributed by atoms with Crippen LogP contribution in [0.2, 0.25) is 0 Å². The van der Waals surface area contributed by atoms with Crippen LogP contribution in [0.5, 0.6) is 0 Å². The number of rotatable bonds is 4. The number of anilines is 2. The van der Waals surface area contributed by atoms with Gasteiger partial charge in [0.2, 0.25) is 0 Å². The summed E-state index contributed by atoms with van der Waals surface area (Å²) in [6.45, 7) is 2.50. The van der Waals surface area contributed by atoms with E-state index in [0.29, 0.717) is 16.6 Å². The van der Waals surface area contributed by atoms with Crippen LogP contribution in [0.1, 0.15) is 28.9 Å². The fourth-order valence-electron chi connectivity index (χ4n) is 2.51. The maximum absolute atomic E-state index is 12.4. The van der Waals surface area contributed by atoms with E-state index in [4.69, 9.17) is 11.5 Å². The summed E-state index contributed by atoms with van der Waals surface area (Å²) in [5.41, 5.74) is 11.8. The van der Waals surface area contributed by atoms with E-state index in [1.165, 1.54) is 24.2 Å². The summed E-state index contributed by atoms with van der Waals surface area (Å²) >= 11 is 1.39. The zero-order chi connectivity index (χ0) is 14.3. The molecule has 3 rings (SSSR count). The third kappa shape index (κ3) is 2.73. The molecular formula is C13H21N5OS. The lowest BCUT2D eigenvalue weighted by Gasteiger charge is -2.15. The minimum atomic E-state index is -0.0124. The average Bonchev–Trinajstić information content (AvgIpc) is 2.97. The van der Waals surface area contributed by atoms with Gasteiger partial charge in [0.1, 0.15) is 10.7 Å². The van der Waals surface area contributed by atoms with Gasteiger partial charge in [-0.05, 0) is 25.2 Å². The van der Waals surface area contributed by atoms with Crippen LogP contribution in [0.25, 0.3) is 0 Å². The van der Waals surface area contributed by atoms with E-state index in [2.05, 4.69) is 9.88 Å². The molecule has 2 heterocycles. The lowest BCUT2D eigenvalue weighted by Crippen LogP contribution is -2.28. The van der Waals surface area contributed by atoms with Crippen molar-refractivity contribution in [2.75, 3.05) is 37.3 Å². The van der Waals surface area contributed by atoms with E-state index in [1.807, 2.05) is 7.05 Å². The molecule has 1 aliphatic carbocycles. The van der Waals surface area contributed by atoms with Crippen LogP contribution in [0.15, 0.2) is 0 Å². The monoisotopic (exact) mass is 295 g/mol. The first-order valence-corrected chi connectivity index (χ1v) is 7.88. The van der Waals surface area contributed by atoms with Crippen LogP contribution < -0.4 is 16.4 Å². The number of thiazole rings is 1. The highest BCUT2D eigenvalue weighted by atomic mass is 32.1. The smallest absolute Gasteiger partial charge is 0.267 e. The van der Waals surface area contributed by atoms with Gasteiger partial charge in [-0.25, -0.2) is 4.98 Å². The minimum absolute atomic E-state index is 0.0124. The first kappa shape index (κ1) is 13.6. The zero-order valence-electron chi connectivity index (χ0n) is 11.7. The Hall–Kier alpha value is -1.34. The summed E-state index contributed by atoms with van der Waals surface area (Å²) in [5, 5.41) is 0.818. The SMILES string of the molecule is CN(CC1CC1)C(=O)c1sc(N2CCC(N)C2)nc1N. The Balaban J connectivity index is 1.72. The van der Waals surface area contributed by atoms with Crippen molar-refractivity contribution in [3.8, 4) is 0 Å². The van der Waals surface area contributed by atoms with Crippen molar-refractivity contribution in [3.63, 3.8) is 0 Å². The molecule has 6 nitrogen and oxygen atoms in total. The number of amides is 1. The summed E-state index contributed by atoms with van der Waals surface area (Å²) in [7, 11) is 1.84. The van der Waals surface area contributed by atoms with Gasteiger partial charge in [-0.2, -0.15) is 0 Å². The molecule has 1 atom stereocenters. The molecule has 0 radical (unpaired) electrons. The van der Waals surface area contributed by atoms with Crippen LogP contribution in [-0.4, -0.2) is 48.5 Å². The molecule has 7 heteroatoms. The molecule has 1 saturated carbocycles. The number of carbonyl (C=O) groups excluding carboxylic acids is 1. The molecule has 0 spiro atoms. The summed E-state index contributed by atoms with van der Waals surface area (Å²) in [6, 6.07) is 0.191. The van der Waals surface area contributed by atoms with E-state index in [1.54, 1.807) is 4.90 Å². The molecule has 2 fully saturated rings. The van der Waals surface area contributed by atoms with Crippen LogP contribution in [0.3, 0.4) is 0 Å². The van der Waals surface area contributed by atoms with E-state index < -0.39 is 0 Å². The number of nitrogens with zero attached hydrogens (tertiary/aromatic N) is 3. The molecule has 1 saturated heterocycles. The summed E-state index contributed by atoms with van der Waals surface area (Å²) in [4.78, 5) is 21.2. The molecule has 1 aromatic rings. The second kappa shape index (κ2) is 5.21. The van der Waals surface area contributed by atoms with Crippen molar-refractivity contribution in [3.05, 3.63) is 4.88 Å². The predicted molar refractivity (Wildman–Crippen MR) is 81.0 cm³/mol. The standard InChI is InChI=1S/C13H21N5OS/c1-17(6-8-2-3-8)12(19)10-11(15)16-13(20-10)18-5-4-9(14)7-18/h8-9H,2-7,14-15H2,1H3. The van der Waals surface area contributed by atoms with Gasteiger partial charge in [-0.1, -0.05) is 11.3 Å². The van der Waals surface area contributed by atoms with E-state index in [-0.39, 0.29) is 11.9 Å². The van der Waals surface area contributed by atoms with Gasteiger partial charge in [0, 0.05) is 32.7 Å². The van der Waals surface area contributed by atoms with Gasteiger partial charge in [-0.15, -0.1) is 0 Å². The first-order valence-electron chi connectivity index (χ1n) is 7.07. The van der Waals surface area contributed by atoms with Crippen molar-refractivity contribution >= 4 is 28.2 Å². The van der Waals surface area contributed by atoms with Crippen molar-refractivity contribution in [2.24, 2.45) is 11.7 Å². The number of nitrogen functional groups attached to an aromatic ring is 1. The number of nitrogens with two attached hydrogens (primary N) is 2. The van der Waals surface area contributed by atoms with E-state index >= 15 is 0 Å². The molecule has 4 N–H and O–H groups in total. The van der Waals surface area contributed by atoms with E-state index in [0.717, 1.165) is 31.2 Å². The average molecular weight is 295 g/mol. The van der Waals surface area contributed by atoms with Gasteiger partial charge in [0.25, 0.3) is 5.91 Å². The third-order valence-corrected chi connectivity index (χ3v) is 5.03. The molecule has 1 unspecified atom stereocenters. The van der Waals surface area contributed by atoms with E-state index in [9.17, 15) is 4.79 Å². The summed E-state index contributed by atoms with van der Waals surface area (Å²) in [6.07, 6.45) is 3.42. The molecule has 110 valence electrons. The maximum Gasteiger partial charge on any atom is 0.267 e.